The Bertz CT molecular complexity index is 906. The molecule has 2 aromatic rings. The molecule has 7 heteroatoms. The summed E-state index contributed by atoms with van der Waals surface area (Å²) in [7, 11) is 5.55. The fourth-order valence-corrected chi connectivity index (χ4v) is 3.87. The Morgan fingerprint density at radius 1 is 1.06 bits per heavy atom. The molecule has 0 radical (unpaired) electrons. The second kappa shape index (κ2) is 10.3. The highest BCUT2D eigenvalue weighted by atomic mass is 16.5. The van der Waals surface area contributed by atoms with Crippen molar-refractivity contribution < 1.29 is 14.3 Å². The van der Waals surface area contributed by atoms with Gasteiger partial charge in [0.05, 0.1) is 18.8 Å². The molecule has 2 amide bonds. The molecule has 1 heterocycles. The molecular weight excluding hydrogens is 392 g/mol. The molecule has 1 aliphatic rings. The van der Waals surface area contributed by atoms with E-state index >= 15 is 0 Å². The van der Waals surface area contributed by atoms with Crippen LogP contribution in [0.25, 0.3) is 0 Å². The van der Waals surface area contributed by atoms with E-state index in [0.717, 1.165) is 42.7 Å². The van der Waals surface area contributed by atoms with Gasteiger partial charge >= 0.3 is 11.8 Å². The molecule has 0 spiro atoms. The second-order valence-electron chi connectivity index (χ2n) is 8.11. The summed E-state index contributed by atoms with van der Waals surface area (Å²) in [6.45, 7) is 4.27. The first-order valence-corrected chi connectivity index (χ1v) is 10.6. The van der Waals surface area contributed by atoms with Gasteiger partial charge < -0.3 is 20.3 Å². The van der Waals surface area contributed by atoms with E-state index < -0.39 is 11.8 Å². The third-order valence-electron chi connectivity index (χ3n) is 5.64. The van der Waals surface area contributed by atoms with E-state index in [4.69, 9.17) is 4.74 Å². The van der Waals surface area contributed by atoms with Gasteiger partial charge in [0.2, 0.25) is 0 Å². The van der Waals surface area contributed by atoms with Gasteiger partial charge in [-0.25, -0.2) is 0 Å². The summed E-state index contributed by atoms with van der Waals surface area (Å²) in [5, 5.41) is 5.48. The van der Waals surface area contributed by atoms with Gasteiger partial charge in [-0.15, -0.1) is 0 Å². The molecule has 0 unspecified atom stereocenters. The fourth-order valence-electron chi connectivity index (χ4n) is 3.87. The zero-order chi connectivity index (χ0) is 22.4. The molecule has 2 N–H and O–H groups in total. The Labute approximate surface area is 184 Å². The normalized spacial score (nSPS) is 14.7. The maximum Gasteiger partial charge on any atom is 0.313 e. The number of amides is 2. The minimum Gasteiger partial charge on any atom is -0.495 e. The second-order valence-corrected chi connectivity index (χ2v) is 8.11. The zero-order valence-electron chi connectivity index (χ0n) is 18.8. The van der Waals surface area contributed by atoms with Crippen molar-refractivity contribution >= 4 is 23.2 Å². The van der Waals surface area contributed by atoms with Crippen LogP contribution in [0.5, 0.6) is 5.75 Å². The van der Waals surface area contributed by atoms with Crippen molar-refractivity contribution in [2.75, 3.05) is 51.1 Å². The van der Waals surface area contributed by atoms with E-state index in [1.165, 1.54) is 7.11 Å². The molecular formula is C24H32N4O3. The molecule has 0 saturated carbocycles. The van der Waals surface area contributed by atoms with Crippen molar-refractivity contribution in [1.29, 1.82) is 0 Å². The number of likely N-dealkylation sites (tertiary alicyclic amines) is 1. The number of anilines is 2. The predicted molar refractivity (Wildman–Crippen MR) is 124 cm³/mol. The number of hydrogen-bond donors (Lipinski definition) is 2. The maximum atomic E-state index is 12.5. The van der Waals surface area contributed by atoms with Gasteiger partial charge in [-0.2, -0.15) is 0 Å². The molecule has 1 atom stereocenters. The van der Waals surface area contributed by atoms with Crippen LogP contribution < -0.4 is 20.3 Å². The third-order valence-corrected chi connectivity index (χ3v) is 5.64. The molecule has 2 aromatic carbocycles. The number of nitrogens with one attached hydrogen (secondary N) is 2. The number of aryl methyl sites for hydroxylation is 1. The van der Waals surface area contributed by atoms with Crippen molar-refractivity contribution in [3.8, 4) is 5.75 Å². The van der Waals surface area contributed by atoms with Crippen LogP contribution in [0, 0.1) is 6.92 Å². The molecule has 31 heavy (non-hydrogen) atoms. The average molecular weight is 425 g/mol. The van der Waals surface area contributed by atoms with Gasteiger partial charge in [0.1, 0.15) is 5.75 Å². The fraction of sp³-hybridized carbons (Fsp3) is 0.417. The van der Waals surface area contributed by atoms with Gasteiger partial charge in [0, 0.05) is 26.3 Å². The number of rotatable bonds is 7. The van der Waals surface area contributed by atoms with Crippen molar-refractivity contribution in [2.24, 2.45) is 0 Å². The molecule has 0 bridgehead atoms. The lowest BCUT2D eigenvalue weighted by Crippen LogP contribution is -2.41. The quantitative estimate of drug-likeness (QED) is 0.669. The van der Waals surface area contributed by atoms with Crippen LogP contribution in [0.4, 0.5) is 11.4 Å². The molecule has 7 nitrogen and oxygen atoms in total. The van der Waals surface area contributed by atoms with Crippen molar-refractivity contribution in [2.45, 2.75) is 25.8 Å². The van der Waals surface area contributed by atoms with Crippen molar-refractivity contribution in [3.05, 3.63) is 53.6 Å². The first-order chi connectivity index (χ1) is 14.9. The molecule has 3 rings (SSSR count). The van der Waals surface area contributed by atoms with Crippen LogP contribution in [0.2, 0.25) is 0 Å². The van der Waals surface area contributed by atoms with Crippen LogP contribution in [0.1, 0.15) is 30.0 Å². The number of ether oxygens (including phenoxy) is 1. The van der Waals surface area contributed by atoms with E-state index in [0.29, 0.717) is 18.0 Å². The Morgan fingerprint density at radius 3 is 2.35 bits per heavy atom. The van der Waals surface area contributed by atoms with E-state index in [1.807, 2.05) is 27.1 Å². The summed E-state index contributed by atoms with van der Waals surface area (Å²) < 4.78 is 5.27. The summed E-state index contributed by atoms with van der Waals surface area (Å²) in [5.74, 6) is -0.840. The van der Waals surface area contributed by atoms with Gasteiger partial charge in [-0.05, 0) is 68.2 Å². The Morgan fingerprint density at radius 2 is 1.74 bits per heavy atom. The molecule has 0 aliphatic carbocycles. The number of benzene rings is 2. The van der Waals surface area contributed by atoms with Gasteiger partial charge in [-0.3, -0.25) is 14.5 Å². The first kappa shape index (κ1) is 22.6. The van der Waals surface area contributed by atoms with Gasteiger partial charge in [0.15, 0.2) is 0 Å². The Balaban J connectivity index is 1.67. The topological polar surface area (TPSA) is 73.9 Å². The largest absolute Gasteiger partial charge is 0.495 e. The first-order valence-electron chi connectivity index (χ1n) is 10.6. The van der Waals surface area contributed by atoms with Gasteiger partial charge in [0.25, 0.3) is 0 Å². The van der Waals surface area contributed by atoms with E-state index in [2.05, 4.69) is 44.7 Å². The van der Waals surface area contributed by atoms with Gasteiger partial charge in [-0.1, -0.05) is 18.2 Å². The van der Waals surface area contributed by atoms with Crippen LogP contribution in [-0.2, 0) is 9.59 Å². The smallest absolute Gasteiger partial charge is 0.313 e. The Kier molecular flexibility index (Phi) is 7.52. The van der Waals surface area contributed by atoms with E-state index in [9.17, 15) is 9.59 Å². The molecule has 166 valence electrons. The molecule has 1 saturated heterocycles. The van der Waals surface area contributed by atoms with Crippen LogP contribution >= 0.6 is 0 Å². The molecule has 1 aliphatic heterocycles. The van der Waals surface area contributed by atoms with Crippen LogP contribution in [0.3, 0.4) is 0 Å². The number of carbonyl (C=O) groups is 2. The Hall–Kier alpha value is -3.06. The summed E-state index contributed by atoms with van der Waals surface area (Å²) in [6.07, 6.45) is 2.29. The lowest BCUT2D eigenvalue weighted by molar-refractivity contribution is -0.136. The van der Waals surface area contributed by atoms with Crippen molar-refractivity contribution in [1.82, 2.24) is 10.2 Å². The monoisotopic (exact) mass is 424 g/mol. The summed E-state index contributed by atoms with van der Waals surface area (Å²) in [4.78, 5) is 29.4. The molecule has 1 fully saturated rings. The number of hydrogen-bond acceptors (Lipinski definition) is 5. The highest BCUT2D eigenvalue weighted by Gasteiger charge is 2.25. The minimum absolute atomic E-state index is 0.0315. The lowest BCUT2D eigenvalue weighted by atomic mass is 10.0. The number of carbonyl (C=O) groups excluding carboxylic acids is 2. The highest BCUT2D eigenvalue weighted by Crippen LogP contribution is 2.27. The zero-order valence-corrected chi connectivity index (χ0v) is 18.8. The standard InChI is InChI=1S/C24H32N4O3/c1-17-7-12-22(31-4)20(15-17)26-24(30)23(29)25-16-21(28-13-5-6-14-28)18-8-10-19(11-9-18)27(2)3/h7-12,15,21H,5-6,13-14,16H2,1-4H3,(H,25,29)(H,26,30)/t21-/m1/s1. The lowest BCUT2D eigenvalue weighted by Gasteiger charge is -2.28. The van der Waals surface area contributed by atoms with E-state index in [-0.39, 0.29) is 6.04 Å². The minimum atomic E-state index is -0.702. The number of methoxy groups -OCH3 is 1. The maximum absolute atomic E-state index is 12.5. The van der Waals surface area contributed by atoms with Crippen LogP contribution in [0.15, 0.2) is 42.5 Å². The van der Waals surface area contributed by atoms with Crippen LogP contribution in [-0.4, -0.2) is 57.6 Å². The van der Waals surface area contributed by atoms with E-state index in [1.54, 1.807) is 12.1 Å². The summed E-state index contributed by atoms with van der Waals surface area (Å²) >= 11 is 0. The summed E-state index contributed by atoms with van der Waals surface area (Å²) in [5.41, 5.74) is 3.71. The SMILES string of the molecule is COc1ccc(C)cc1NC(=O)C(=O)NC[C@H](c1ccc(N(C)C)cc1)N1CCCC1. The summed E-state index contributed by atoms with van der Waals surface area (Å²) in [6, 6.07) is 13.8. The third kappa shape index (κ3) is 5.76. The highest BCUT2D eigenvalue weighted by molar-refractivity contribution is 6.39. The molecule has 0 aromatic heterocycles. The number of nitrogens with zero attached hydrogens (tertiary/aromatic N) is 2. The van der Waals surface area contributed by atoms with Crippen molar-refractivity contribution in [3.63, 3.8) is 0 Å². The predicted octanol–water partition coefficient (Wildman–Crippen LogP) is 2.96. The average Bonchev–Trinajstić information content (AvgIpc) is 3.29.